The van der Waals surface area contributed by atoms with E-state index in [1.54, 1.807) is 0 Å². The second-order valence-corrected chi connectivity index (χ2v) is 9.64. The molecular weight excluding hydrogens is 336 g/mol. The molecule has 4 fully saturated rings. The van der Waals surface area contributed by atoms with Crippen LogP contribution in [0.5, 0.6) is 0 Å². The molecule has 5 nitrogen and oxygen atoms in total. The van der Waals surface area contributed by atoms with Crippen LogP contribution in [0, 0.1) is 17.8 Å². The van der Waals surface area contributed by atoms with Gasteiger partial charge in [0.25, 0.3) is 0 Å². The van der Waals surface area contributed by atoms with Crippen LogP contribution in [0.1, 0.15) is 64.5 Å². The third-order valence-electron chi connectivity index (χ3n) is 7.46. The van der Waals surface area contributed by atoms with Crippen LogP contribution in [0.2, 0.25) is 0 Å². The summed E-state index contributed by atoms with van der Waals surface area (Å²) in [7, 11) is 2.01. The van der Waals surface area contributed by atoms with E-state index in [2.05, 4.69) is 35.2 Å². The van der Waals surface area contributed by atoms with Gasteiger partial charge in [-0.25, -0.2) is 0 Å². The van der Waals surface area contributed by atoms with Gasteiger partial charge in [0, 0.05) is 43.5 Å². The fraction of sp³-hybridized carbons (Fsp3) is 0.818. The smallest absolute Gasteiger partial charge is 0.224 e. The molecule has 3 saturated carbocycles. The van der Waals surface area contributed by atoms with E-state index >= 15 is 0 Å². The molecule has 150 valence electrons. The van der Waals surface area contributed by atoms with Gasteiger partial charge in [0.15, 0.2) is 0 Å². The van der Waals surface area contributed by atoms with Crippen LogP contribution in [-0.4, -0.2) is 46.3 Å². The number of carbonyl (C=O) groups excluding carboxylic acids is 1. The number of hydrogen-bond donors (Lipinski definition) is 1. The Morgan fingerprint density at radius 3 is 2.74 bits per heavy atom. The van der Waals surface area contributed by atoms with Crippen molar-refractivity contribution in [1.29, 1.82) is 0 Å². The predicted octanol–water partition coefficient (Wildman–Crippen LogP) is 3.10. The van der Waals surface area contributed by atoms with Crippen molar-refractivity contribution in [3.8, 4) is 0 Å². The summed E-state index contributed by atoms with van der Waals surface area (Å²) < 4.78 is 1.98. The number of aromatic nitrogens is 2. The maximum Gasteiger partial charge on any atom is 0.224 e. The first-order valence-corrected chi connectivity index (χ1v) is 11.0. The predicted molar refractivity (Wildman–Crippen MR) is 107 cm³/mol. The van der Waals surface area contributed by atoms with Crippen LogP contribution >= 0.6 is 0 Å². The van der Waals surface area contributed by atoms with Crippen molar-refractivity contribution in [1.82, 2.24) is 20.0 Å². The number of aryl methyl sites for hydroxylation is 1. The SMILES string of the molecule is CC(C)CCCN1CCC(NC(=O)C2C3CCC2(c2ccnn2C)C3)CC1. The van der Waals surface area contributed by atoms with Crippen LogP contribution in [0.3, 0.4) is 0 Å². The third-order valence-corrected chi connectivity index (χ3v) is 7.46. The summed E-state index contributed by atoms with van der Waals surface area (Å²) in [6.45, 7) is 8.07. The highest BCUT2D eigenvalue weighted by molar-refractivity contribution is 5.83. The summed E-state index contributed by atoms with van der Waals surface area (Å²) in [5, 5.41) is 7.79. The average molecular weight is 373 g/mol. The van der Waals surface area contributed by atoms with Crippen LogP contribution in [-0.2, 0) is 17.3 Å². The highest BCUT2D eigenvalue weighted by Crippen LogP contribution is 2.63. The summed E-state index contributed by atoms with van der Waals surface area (Å²) in [4.78, 5) is 15.7. The van der Waals surface area contributed by atoms with Gasteiger partial charge in [0.1, 0.15) is 0 Å². The molecule has 0 aromatic carbocycles. The average Bonchev–Trinajstić information content (AvgIpc) is 3.30. The van der Waals surface area contributed by atoms with Crippen molar-refractivity contribution in [2.45, 2.75) is 70.3 Å². The van der Waals surface area contributed by atoms with Crippen molar-refractivity contribution in [2.75, 3.05) is 19.6 Å². The zero-order valence-electron chi connectivity index (χ0n) is 17.3. The first-order chi connectivity index (χ1) is 13.0. The molecule has 27 heavy (non-hydrogen) atoms. The molecule has 3 unspecified atom stereocenters. The third kappa shape index (κ3) is 3.55. The highest BCUT2D eigenvalue weighted by atomic mass is 16.2. The van der Waals surface area contributed by atoms with Crippen LogP contribution in [0.4, 0.5) is 0 Å². The molecule has 1 amide bonds. The van der Waals surface area contributed by atoms with E-state index < -0.39 is 0 Å². The molecule has 4 aliphatic rings. The van der Waals surface area contributed by atoms with E-state index in [4.69, 9.17) is 0 Å². The topological polar surface area (TPSA) is 50.2 Å². The Kier molecular flexibility index (Phi) is 5.32. The van der Waals surface area contributed by atoms with E-state index in [0.29, 0.717) is 17.9 Å². The Bertz CT molecular complexity index is 657. The minimum absolute atomic E-state index is 0.0531. The minimum atomic E-state index is 0.0531. The summed E-state index contributed by atoms with van der Waals surface area (Å²) in [6.07, 6.45) is 10.2. The lowest BCUT2D eigenvalue weighted by Gasteiger charge is -2.47. The number of fused-ring (bicyclic) bond motifs is 1. The first kappa shape index (κ1) is 19.0. The molecule has 0 spiro atoms. The zero-order valence-corrected chi connectivity index (χ0v) is 17.3. The molecule has 3 atom stereocenters. The van der Waals surface area contributed by atoms with Gasteiger partial charge >= 0.3 is 0 Å². The zero-order chi connectivity index (χ0) is 19.0. The number of likely N-dealkylation sites (tertiary alicyclic amines) is 1. The molecule has 2 heterocycles. The van der Waals surface area contributed by atoms with Gasteiger partial charge < -0.3 is 10.2 Å². The first-order valence-electron chi connectivity index (χ1n) is 11.0. The van der Waals surface area contributed by atoms with Gasteiger partial charge in [0.05, 0.1) is 5.92 Å². The number of piperidine rings is 1. The Morgan fingerprint density at radius 2 is 2.11 bits per heavy atom. The van der Waals surface area contributed by atoms with Crippen molar-refractivity contribution in [2.24, 2.45) is 24.8 Å². The molecule has 1 N–H and O–H groups in total. The Morgan fingerprint density at radius 1 is 1.33 bits per heavy atom. The van der Waals surface area contributed by atoms with Crippen molar-refractivity contribution in [3.63, 3.8) is 0 Å². The number of nitrogens with one attached hydrogen (secondary N) is 1. The summed E-state index contributed by atoms with van der Waals surface area (Å²) in [5.41, 5.74) is 1.31. The lowest BCUT2D eigenvalue weighted by molar-refractivity contribution is -0.134. The van der Waals surface area contributed by atoms with Gasteiger partial charge in [-0.3, -0.25) is 9.48 Å². The van der Waals surface area contributed by atoms with Gasteiger partial charge in [-0.2, -0.15) is 5.10 Å². The molecule has 1 aromatic heterocycles. The number of rotatable bonds is 7. The lowest BCUT2D eigenvalue weighted by atomic mass is 9.58. The molecule has 1 aliphatic heterocycles. The van der Waals surface area contributed by atoms with E-state index in [-0.39, 0.29) is 11.3 Å². The van der Waals surface area contributed by atoms with E-state index in [0.717, 1.165) is 38.3 Å². The lowest BCUT2D eigenvalue weighted by Crippen LogP contribution is -2.56. The van der Waals surface area contributed by atoms with Gasteiger partial charge in [-0.05, 0) is 69.4 Å². The van der Waals surface area contributed by atoms with E-state index in [9.17, 15) is 4.79 Å². The number of carbonyl (C=O) groups is 1. The Hall–Kier alpha value is -1.36. The molecule has 1 aromatic rings. The van der Waals surface area contributed by atoms with Crippen LogP contribution < -0.4 is 5.32 Å². The molecule has 5 rings (SSSR count). The quantitative estimate of drug-likeness (QED) is 0.800. The molecule has 0 radical (unpaired) electrons. The Balaban J connectivity index is 1.29. The Labute approximate surface area is 163 Å². The summed E-state index contributed by atoms with van der Waals surface area (Å²) >= 11 is 0. The highest BCUT2D eigenvalue weighted by Gasteiger charge is 2.63. The van der Waals surface area contributed by atoms with E-state index in [1.807, 2.05) is 17.9 Å². The second-order valence-electron chi connectivity index (χ2n) is 9.64. The summed E-state index contributed by atoms with van der Waals surface area (Å²) in [6, 6.07) is 2.49. The second kappa shape index (κ2) is 7.57. The van der Waals surface area contributed by atoms with Gasteiger partial charge in [-0.15, -0.1) is 0 Å². The monoisotopic (exact) mass is 372 g/mol. The number of nitrogens with zero attached hydrogens (tertiary/aromatic N) is 3. The minimum Gasteiger partial charge on any atom is -0.353 e. The van der Waals surface area contributed by atoms with Crippen molar-refractivity contribution < 1.29 is 4.79 Å². The normalized spacial score (nSPS) is 31.3. The van der Waals surface area contributed by atoms with Gasteiger partial charge in [-0.1, -0.05) is 13.8 Å². The molecule has 1 saturated heterocycles. The molecule has 3 aliphatic carbocycles. The maximum atomic E-state index is 13.1. The summed E-state index contributed by atoms with van der Waals surface area (Å²) in [5.74, 6) is 1.85. The fourth-order valence-electron chi connectivity index (χ4n) is 6.01. The van der Waals surface area contributed by atoms with Crippen molar-refractivity contribution in [3.05, 3.63) is 18.0 Å². The van der Waals surface area contributed by atoms with Gasteiger partial charge in [0.2, 0.25) is 5.91 Å². The standard InChI is InChI=1S/C22H36N4O/c1-16(2)5-4-12-26-13-8-18(9-14-26)24-21(27)20-17-6-10-22(20,15-17)19-7-11-23-25(19)3/h7,11,16-18,20H,4-6,8-10,12-15H2,1-3H3,(H,24,27). The molecule has 2 bridgehead atoms. The molecule has 5 heteroatoms. The molecular formula is C22H36N4O. The van der Waals surface area contributed by atoms with Crippen LogP contribution in [0.15, 0.2) is 12.3 Å². The van der Waals surface area contributed by atoms with Crippen LogP contribution in [0.25, 0.3) is 0 Å². The van der Waals surface area contributed by atoms with E-state index in [1.165, 1.54) is 37.9 Å². The largest absolute Gasteiger partial charge is 0.353 e. The van der Waals surface area contributed by atoms with Crippen molar-refractivity contribution >= 4 is 5.91 Å². The maximum absolute atomic E-state index is 13.1. The fourth-order valence-corrected chi connectivity index (χ4v) is 6.01. The number of amides is 1. The number of hydrogen-bond acceptors (Lipinski definition) is 3.